The van der Waals surface area contributed by atoms with E-state index >= 15 is 0 Å². The average Bonchev–Trinajstić information content (AvgIpc) is 2.74. The molecule has 16 heavy (non-hydrogen) atoms. The van der Waals surface area contributed by atoms with Crippen LogP contribution in [0.1, 0.15) is 12.8 Å². The summed E-state index contributed by atoms with van der Waals surface area (Å²) in [4.78, 5) is 11.7. The van der Waals surface area contributed by atoms with Crippen molar-refractivity contribution in [2.24, 2.45) is 0 Å². The number of nitrogens with zero attached hydrogens (tertiary/aromatic N) is 2. The highest BCUT2D eigenvalue weighted by Crippen LogP contribution is 2.33. The van der Waals surface area contributed by atoms with Crippen molar-refractivity contribution < 1.29 is 9.31 Å². The molecular formula is C10H12FN3O2. The smallest absolute Gasteiger partial charge is 0.295 e. The number of nitrogen functional groups attached to an aromatic ring is 1. The summed E-state index contributed by atoms with van der Waals surface area (Å²) in [5.74, 6) is -0.684. The van der Waals surface area contributed by atoms with Gasteiger partial charge in [-0.05, 0) is 18.9 Å². The molecule has 0 unspecified atom stereocenters. The van der Waals surface area contributed by atoms with Crippen molar-refractivity contribution in [2.45, 2.75) is 12.8 Å². The first kappa shape index (κ1) is 10.7. The van der Waals surface area contributed by atoms with Gasteiger partial charge in [0.15, 0.2) is 5.82 Å². The maximum absolute atomic E-state index is 13.8. The molecule has 1 heterocycles. The van der Waals surface area contributed by atoms with Gasteiger partial charge >= 0.3 is 0 Å². The number of hydrogen-bond donors (Lipinski definition) is 1. The van der Waals surface area contributed by atoms with Crippen molar-refractivity contribution in [3.63, 3.8) is 0 Å². The normalized spacial score (nSPS) is 15.4. The summed E-state index contributed by atoms with van der Waals surface area (Å²) in [7, 11) is 0. The van der Waals surface area contributed by atoms with Gasteiger partial charge in [-0.15, -0.1) is 0 Å². The van der Waals surface area contributed by atoms with Crippen LogP contribution in [0.2, 0.25) is 0 Å². The van der Waals surface area contributed by atoms with E-state index in [0.717, 1.165) is 25.9 Å². The molecule has 1 aromatic rings. The molecule has 0 radical (unpaired) electrons. The fourth-order valence-electron chi connectivity index (χ4n) is 1.93. The van der Waals surface area contributed by atoms with Gasteiger partial charge in [0, 0.05) is 19.2 Å². The third kappa shape index (κ3) is 1.66. The average molecular weight is 225 g/mol. The van der Waals surface area contributed by atoms with Crippen LogP contribution in [-0.2, 0) is 0 Å². The van der Waals surface area contributed by atoms with Gasteiger partial charge < -0.3 is 10.6 Å². The van der Waals surface area contributed by atoms with Gasteiger partial charge in [0.05, 0.1) is 10.6 Å². The summed E-state index contributed by atoms with van der Waals surface area (Å²) >= 11 is 0. The minimum absolute atomic E-state index is 0.362. The highest BCUT2D eigenvalue weighted by atomic mass is 19.1. The Kier molecular flexibility index (Phi) is 2.64. The number of halogens is 1. The second-order valence-corrected chi connectivity index (χ2v) is 3.78. The van der Waals surface area contributed by atoms with E-state index < -0.39 is 10.7 Å². The van der Waals surface area contributed by atoms with Gasteiger partial charge in [0.1, 0.15) is 5.69 Å². The number of rotatable bonds is 2. The second kappa shape index (κ2) is 3.96. The third-order valence-electron chi connectivity index (χ3n) is 2.78. The van der Waals surface area contributed by atoms with Crippen molar-refractivity contribution >= 4 is 17.1 Å². The number of nitro benzene ring substituents is 1. The predicted octanol–water partition coefficient (Wildman–Crippen LogP) is 1.92. The lowest BCUT2D eigenvalue weighted by Crippen LogP contribution is -2.19. The van der Waals surface area contributed by atoms with E-state index in [1.165, 1.54) is 12.1 Å². The Bertz CT molecular complexity index is 430. The number of benzene rings is 1. The van der Waals surface area contributed by atoms with Crippen molar-refractivity contribution in [3.8, 4) is 0 Å². The molecule has 1 aliphatic rings. The molecule has 86 valence electrons. The van der Waals surface area contributed by atoms with Crippen LogP contribution in [-0.4, -0.2) is 18.0 Å². The number of nitro groups is 1. The van der Waals surface area contributed by atoms with Crippen LogP contribution in [0.3, 0.4) is 0 Å². The van der Waals surface area contributed by atoms with E-state index in [2.05, 4.69) is 0 Å². The Morgan fingerprint density at radius 1 is 1.38 bits per heavy atom. The van der Waals surface area contributed by atoms with Crippen LogP contribution in [0.25, 0.3) is 0 Å². The molecule has 1 fully saturated rings. The maximum atomic E-state index is 13.8. The minimum Gasteiger partial charge on any atom is -0.391 e. The van der Waals surface area contributed by atoms with E-state index in [1.54, 1.807) is 0 Å². The number of hydrogen-bond acceptors (Lipinski definition) is 4. The molecule has 0 spiro atoms. The van der Waals surface area contributed by atoms with Crippen LogP contribution in [0.15, 0.2) is 12.1 Å². The van der Waals surface area contributed by atoms with Gasteiger partial charge in [0.2, 0.25) is 0 Å². The zero-order valence-electron chi connectivity index (χ0n) is 8.65. The standard InChI is InChI=1S/C10H12FN3O2/c11-9-7(13-5-1-2-6-13)3-4-8(10(9)12)14(15)16/h3-4H,1-2,5-6,12H2. The summed E-state index contributed by atoms with van der Waals surface area (Å²) < 4.78 is 13.8. The molecule has 2 rings (SSSR count). The van der Waals surface area contributed by atoms with Crippen LogP contribution < -0.4 is 10.6 Å². The van der Waals surface area contributed by atoms with Crippen LogP contribution in [0.5, 0.6) is 0 Å². The largest absolute Gasteiger partial charge is 0.391 e. The summed E-state index contributed by atoms with van der Waals surface area (Å²) in [5.41, 5.74) is 5.02. The Balaban J connectivity index is 2.41. The van der Waals surface area contributed by atoms with Gasteiger partial charge in [-0.2, -0.15) is 0 Å². The predicted molar refractivity (Wildman–Crippen MR) is 58.9 cm³/mol. The monoisotopic (exact) mass is 225 g/mol. The molecule has 5 nitrogen and oxygen atoms in total. The van der Waals surface area contributed by atoms with E-state index in [4.69, 9.17) is 5.73 Å². The van der Waals surface area contributed by atoms with Gasteiger partial charge in [-0.1, -0.05) is 0 Å². The first-order chi connectivity index (χ1) is 7.61. The molecule has 1 aliphatic heterocycles. The SMILES string of the molecule is Nc1c([N+](=O)[O-])ccc(N2CCCC2)c1F. The Labute approximate surface area is 91.8 Å². The van der Waals surface area contributed by atoms with Gasteiger partial charge in [0.25, 0.3) is 5.69 Å². The first-order valence-corrected chi connectivity index (χ1v) is 5.08. The lowest BCUT2D eigenvalue weighted by atomic mass is 10.2. The molecule has 0 aliphatic carbocycles. The topological polar surface area (TPSA) is 72.4 Å². The van der Waals surface area contributed by atoms with Crippen LogP contribution in [0.4, 0.5) is 21.5 Å². The molecule has 0 aromatic heterocycles. The third-order valence-corrected chi connectivity index (χ3v) is 2.78. The van der Waals surface area contributed by atoms with Crippen LogP contribution >= 0.6 is 0 Å². The zero-order chi connectivity index (χ0) is 11.7. The van der Waals surface area contributed by atoms with E-state index in [-0.39, 0.29) is 11.4 Å². The number of nitrogens with two attached hydrogens (primary N) is 1. The lowest BCUT2D eigenvalue weighted by molar-refractivity contribution is -0.384. The van der Waals surface area contributed by atoms with Crippen molar-refractivity contribution in [3.05, 3.63) is 28.1 Å². The van der Waals surface area contributed by atoms with Crippen molar-refractivity contribution in [1.82, 2.24) is 0 Å². The highest BCUT2D eigenvalue weighted by molar-refractivity contribution is 5.68. The zero-order valence-corrected chi connectivity index (χ0v) is 8.65. The lowest BCUT2D eigenvalue weighted by Gasteiger charge is -2.18. The fourth-order valence-corrected chi connectivity index (χ4v) is 1.93. The first-order valence-electron chi connectivity index (χ1n) is 5.08. The maximum Gasteiger partial charge on any atom is 0.295 e. The van der Waals surface area contributed by atoms with Crippen molar-refractivity contribution in [1.29, 1.82) is 0 Å². The summed E-state index contributed by atoms with van der Waals surface area (Å²) in [6.07, 6.45) is 2.02. The molecule has 0 saturated carbocycles. The second-order valence-electron chi connectivity index (χ2n) is 3.78. The summed E-state index contributed by atoms with van der Waals surface area (Å²) in [5, 5.41) is 10.6. The van der Waals surface area contributed by atoms with Crippen LogP contribution in [0, 0.1) is 15.9 Å². The minimum atomic E-state index is -0.684. The Morgan fingerprint density at radius 3 is 2.56 bits per heavy atom. The molecular weight excluding hydrogens is 213 g/mol. The molecule has 0 bridgehead atoms. The Hall–Kier alpha value is -1.85. The summed E-state index contributed by atoms with van der Waals surface area (Å²) in [6.45, 7) is 1.54. The van der Waals surface area contributed by atoms with E-state index in [1.807, 2.05) is 4.90 Å². The summed E-state index contributed by atoms with van der Waals surface area (Å²) in [6, 6.07) is 2.68. The van der Waals surface area contributed by atoms with Crippen molar-refractivity contribution in [2.75, 3.05) is 23.7 Å². The molecule has 2 N–H and O–H groups in total. The van der Waals surface area contributed by atoms with Gasteiger partial charge in [-0.3, -0.25) is 10.1 Å². The highest BCUT2D eigenvalue weighted by Gasteiger charge is 2.23. The van der Waals surface area contributed by atoms with E-state index in [0.29, 0.717) is 5.69 Å². The quantitative estimate of drug-likeness (QED) is 0.474. The molecule has 1 saturated heterocycles. The fraction of sp³-hybridized carbons (Fsp3) is 0.400. The van der Waals surface area contributed by atoms with E-state index in [9.17, 15) is 14.5 Å². The Morgan fingerprint density at radius 2 is 2.00 bits per heavy atom. The molecule has 0 atom stereocenters. The number of anilines is 2. The molecule has 6 heteroatoms. The van der Waals surface area contributed by atoms with Gasteiger partial charge in [-0.25, -0.2) is 4.39 Å². The molecule has 0 amide bonds. The molecule has 1 aromatic carbocycles.